The molecule has 0 radical (unpaired) electrons. The van der Waals surface area contributed by atoms with Crippen molar-refractivity contribution in [2.45, 2.75) is 32.7 Å². The highest BCUT2D eigenvalue weighted by Crippen LogP contribution is 2.12. The Hall–Kier alpha value is -0.900. The molecule has 0 spiro atoms. The van der Waals surface area contributed by atoms with E-state index >= 15 is 0 Å². The number of hydrogen-bond donors (Lipinski definition) is 1. The fraction of sp³-hybridized carbons (Fsp3) is 0.455. The molecule has 1 aromatic heterocycles. The zero-order valence-corrected chi connectivity index (χ0v) is 10.5. The molecule has 0 saturated heterocycles. The summed E-state index contributed by atoms with van der Waals surface area (Å²) in [6.45, 7) is 4.11. The van der Waals surface area contributed by atoms with Crippen molar-refractivity contribution >= 4 is 21.8 Å². The predicted molar refractivity (Wildman–Crippen MR) is 63.8 cm³/mol. The molecule has 0 bridgehead atoms. The van der Waals surface area contributed by atoms with Gasteiger partial charge in [0.25, 0.3) is 5.91 Å². The molecule has 1 heterocycles. The molecule has 0 aliphatic rings. The van der Waals surface area contributed by atoms with Gasteiger partial charge in [-0.15, -0.1) is 0 Å². The third-order valence-electron chi connectivity index (χ3n) is 2.10. The largest absolute Gasteiger partial charge is 0.350 e. The topological polar surface area (TPSA) is 42.0 Å². The maximum absolute atomic E-state index is 11.8. The van der Waals surface area contributed by atoms with Crippen LogP contribution in [-0.4, -0.2) is 16.9 Å². The van der Waals surface area contributed by atoms with Crippen LogP contribution >= 0.6 is 15.9 Å². The van der Waals surface area contributed by atoms with E-state index in [0.29, 0.717) is 10.2 Å². The van der Waals surface area contributed by atoms with Crippen molar-refractivity contribution in [1.29, 1.82) is 0 Å². The molecule has 82 valence electrons. The fourth-order valence-corrected chi connectivity index (χ4v) is 1.79. The van der Waals surface area contributed by atoms with E-state index in [-0.39, 0.29) is 11.9 Å². The minimum Gasteiger partial charge on any atom is -0.350 e. The van der Waals surface area contributed by atoms with Crippen LogP contribution in [0.5, 0.6) is 0 Å². The first-order chi connectivity index (χ1) is 7.15. The molecule has 15 heavy (non-hydrogen) atoms. The summed E-state index contributed by atoms with van der Waals surface area (Å²) in [4.78, 5) is 15.8. The van der Waals surface area contributed by atoms with Crippen LogP contribution < -0.4 is 5.32 Å². The zero-order chi connectivity index (χ0) is 11.3. The summed E-state index contributed by atoms with van der Waals surface area (Å²) in [5.41, 5.74) is 0.584. The number of amides is 1. The van der Waals surface area contributed by atoms with Gasteiger partial charge in [0.15, 0.2) is 0 Å². The van der Waals surface area contributed by atoms with Gasteiger partial charge < -0.3 is 5.32 Å². The third kappa shape index (κ3) is 3.63. The molecule has 4 heteroatoms. The monoisotopic (exact) mass is 270 g/mol. The standard InChI is InChI=1S/C11H15BrN2O/c1-3-5-8(2)14-11(15)9-6-4-7-13-10(9)12/h4,6-8H,3,5H2,1-2H3,(H,14,15). The van der Waals surface area contributed by atoms with E-state index < -0.39 is 0 Å². The Labute approximate surface area is 98.4 Å². The van der Waals surface area contributed by atoms with Gasteiger partial charge in [0.2, 0.25) is 0 Å². The average Bonchev–Trinajstić information content (AvgIpc) is 2.18. The molecule has 1 aromatic rings. The molecule has 1 amide bonds. The van der Waals surface area contributed by atoms with Crippen LogP contribution in [0.25, 0.3) is 0 Å². The van der Waals surface area contributed by atoms with Crippen molar-refractivity contribution in [1.82, 2.24) is 10.3 Å². The average molecular weight is 271 g/mol. The molecule has 0 aromatic carbocycles. The van der Waals surface area contributed by atoms with Crippen LogP contribution in [0.2, 0.25) is 0 Å². The van der Waals surface area contributed by atoms with E-state index in [1.54, 1.807) is 18.3 Å². The zero-order valence-electron chi connectivity index (χ0n) is 8.96. The van der Waals surface area contributed by atoms with Crippen LogP contribution in [0, 0.1) is 0 Å². The van der Waals surface area contributed by atoms with Crippen molar-refractivity contribution in [3.8, 4) is 0 Å². The molecule has 0 aliphatic heterocycles. The Balaban J connectivity index is 2.65. The Morgan fingerprint density at radius 2 is 2.40 bits per heavy atom. The highest BCUT2D eigenvalue weighted by molar-refractivity contribution is 9.10. The molecule has 0 fully saturated rings. The van der Waals surface area contributed by atoms with E-state index in [4.69, 9.17) is 0 Å². The Morgan fingerprint density at radius 3 is 3.00 bits per heavy atom. The molecular formula is C11H15BrN2O. The summed E-state index contributed by atoms with van der Waals surface area (Å²) in [5.74, 6) is -0.0732. The molecule has 1 rings (SSSR count). The second-order valence-electron chi connectivity index (χ2n) is 3.50. The van der Waals surface area contributed by atoms with Crippen LogP contribution in [0.4, 0.5) is 0 Å². The second-order valence-corrected chi connectivity index (χ2v) is 4.26. The van der Waals surface area contributed by atoms with Crippen molar-refractivity contribution < 1.29 is 4.79 Å². The first-order valence-corrected chi connectivity index (χ1v) is 5.85. The lowest BCUT2D eigenvalue weighted by atomic mass is 10.2. The molecular weight excluding hydrogens is 256 g/mol. The normalized spacial score (nSPS) is 12.2. The molecule has 1 atom stereocenters. The molecule has 3 nitrogen and oxygen atoms in total. The first kappa shape index (κ1) is 12.2. The number of rotatable bonds is 4. The number of hydrogen-bond acceptors (Lipinski definition) is 2. The van der Waals surface area contributed by atoms with Crippen LogP contribution in [0.3, 0.4) is 0 Å². The lowest BCUT2D eigenvalue weighted by Gasteiger charge is -2.12. The minimum absolute atomic E-state index is 0.0732. The van der Waals surface area contributed by atoms with Gasteiger partial charge in [-0.05, 0) is 41.4 Å². The minimum atomic E-state index is -0.0732. The maximum Gasteiger partial charge on any atom is 0.254 e. The summed E-state index contributed by atoms with van der Waals surface area (Å²) in [6.07, 6.45) is 3.70. The van der Waals surface area contributed by atoms with E-state index in [2.05, 4.69) is 33.2 Å². The van der Waals surface area contributed by atoms with Gasteiger partial charge in [0.1, 0.15) is 4.60 Å². The van der Waals surface area contributed by atoms with Gasteiger partial charge >= 0.3 is 0 Å². The van der Waals surface area contributed by atoms with Gasteiger partial charge in [-0.1, -0.05) is 13.3 Å². The smallest absolute Gasteiger partial charge is 0.254 e. The number of halogens is 1. The second kappa shape index (κ2) is 5.85. The van der Waals surface area contributed by atoms with E-state index in [1.165, 1.54) is 0 Å². The summed E-state index contributed by atoms with van der Waals surface area (Å²) >= 11 is 3.25. The molecule has 1 N–H and O–H groups in total. The lowest BCUT2D eigenvalue weighted by Crippen LogP contribution is -2.32. The van der Waals surface area contributed by atoms with Gasteiger partial charge in [0.05, 0.1) is 5.56 Å². The van der Waals surface area contributed by atoms with Crippen molar-refractivity contribution in [3.05, 3.63) is 28.5 Å². The van der Waals surface area contributed by atoms with E-state index in [0.717, 1.165) is 12.8 Å². The van der Waals surface area contributed by atoms with E-state index in [9.17, 15) is 4.79 Å². The predicted octanol–water partition coefficient (Wildman–Crippen LogP) is 2.76. The van der Waals surface area contributed by atoms with Crippen LogP contribution in [0.1, 0.15) is 37.0 Å². The van der Waals surface area contributed by atoms with Crippen molar-refractivity contribution in [2.24, 2.45) is 0 Å². The fourth-order valence-electron chi connectivity index (χ4n) is 1.36. The van der Waals surface area contributed by atoms with Crippen LogP contribution in [0.15, 0.2) is 22.9 Å². The Bertz CT molecular complexity index is 341. The summed E-state index contributed by atoms with van der Waals surface area (Å²) < 4.78 is 0.589. The first-order valence-electron chi connectivity index (χ1n) is 5.06. The quantitative estimate of drug-likeness (QED) is 0.855. The van der Waals surface area contributed by atoms with E-state index in [1.807, 2.05) is 6.92 Å². The third-order valence-corrected chi connectivity index (χ3v) is 2.73. The highest BCUT2D eigenvalue weighted by Gasteiger charge is 2.12. The van der Waals surface area contributed by atoms with Crippen LogP contribution in [-0.2, 0) is 0 Å². The summed E-state index contributed by atoms with van der Waals surface area (Å²) in [6, 6.07) is 3.71. The lowest BCUT2D eigenvalue weighted by molar-refractivity contribution is 0.0937. The highest BCUT2D eigenvalue weighted by atomic mass is 79.9. The Morgan fingerprint density at radius 1 is 1.67 bits per heavy atom. The number of pyridine rings is 1. The van der Waals surface area contributed by atoms with Gasteiger partial charge in [-0.2, -0.15) is 0 Å². The van der Waals surface area contributed by atoms with Gasteiger partial charge in [-0.3, -0.25) is 4.79 Å². The summed E-state index contributed by atoms with van der Waals surface area (Å²) in [7, 11) is 0. The SMILES string of the molecule is CCCC(C)NC(=O)c1cccnc1Br. The number of nitrogens with zero attached hydrogens (tertiary/aromatic N) is 1. The molecule has 0 aliphatic carbocycles. The summed E-state index contributed by atoms with van der Waals surface area (Å²) in [5, 5.41) is 2.93. The Kier molecular flexibility index (Phi) is 4.75. The van der Waals surface area contributed by atoms with Crippen molar-refractivity contribution in [3.63, 3.8) is 0 Å². The van der Waals surface area contributed by atoms with Gasteiger partial charge in [-0.25, -0.2) is 4.98 Å². The number of carbonyl (C=O) groups excluding carboxylic acids is 1. The molecule has 1 unspecified atom stereocenters. The maximum atomic E-state index is 11.8. The number of nitrogens with one attached hydrogen (secondary N) is 1. The number of aromatic nitrogens is 1. The number of carbonyl (C=O) groups is 1. The van der Waals surface area contributed by atoms with Gasteiger partial charge in [0, 0.05) is 12.2 Å². The molecule has 0 saturated carbocycles. The van der Waals surface area contributed by atoms with Crippen molar-refractivity contribution in [2.75, 3.05) is 0 Å².